The van der Waals surface area contributed by atoms with Gasteiger partial charge < -0.3 is 36.7 Å². The molecule has 2 amide bonds. The number of amides is 2. The molecule has 0 bridgehead atoms. The maximum atomic E-state index is 13.1. The van der Waals surface area contributed by atoms with E-state index in [2.05, 4.69) is 15.6 Å². The zero-order chi connectivity index (χ0) is 24.8. The number of fused-ring (bicyclic) bond motifs is 1. The summed E-state index contributed by atoms with van der Waals surface area (Å²) in [7, 11) is 0. The average Bonchev–Trinajstić information content (AvgIpc) is 3.21. The number of phenols is 1. The summed E-state index contributed by atoms with van der Waals surface area (Å²) in [5.74, 6) is -2.66. The Labute approximate surface area is 195 Å². The average molecular weight is 469 g/mol. The number of nitrogens with one attached hydrogen (secondary N) is 3. The van der Waals surface area contributed by atoms with Crippen LogP contribution in [0.2, 0.25) is 0 Å². The van der Waals surface area contributed by atoms with Crippen molar-refractivity contribution in [3.8, 4) is 5.75 Å². The first kappa shape index (κ1) is 24.7. The summed E-state index contributed by atoms with van der Waals surface area (Å²) in [6, 6.07) is 9.76. The lowest BCUT2D eigenvalue weighted by Crippen LogP contribution is -2.57. The Morgan fingerprint density at radius 2 is 1.62 bits per heavy atom. The van der Waals surface area contributed by atoms with Crippen molar-refractivity contribution in [2.45, 2.75) is 44.0 Å². The number of nitrogens with two attached hydrogens (primary N) is 1. The van der Waals surface area contributed by atoms with Crippen molar-refractivity contribution in [2.24, 2.45) is 5.73 Å². The minimum atomic E-state index is -1.27. The highest BCUT2D eigenvalue weighted by Crippen LogP contribution is 2.19. The van der Waals surface area contributed by atoms with Gasteiger partial charge in [-0.3, -0.25) is 9.59 Å². The molecule has 3 aromatic rings. The number of H-pyrrole nitrogens is 1. The van der Waals surface area contributed by atoms with Crippen LogP contribution >= 0.6 is 0 Å². The standard InChI is InChI=1S/C24H28N4O6/c1-13(29)21(25)23(32)27-19(10-14-6-8-16(30)9-7-14)22(31)28-20(24(33)34)11-15-12-26-18-5-3-2-4-17(15)18/h2-9,12-13,19-21,26,29-30H,10-11,25H2,1H3,(H,27,32)(H,28,31)(H,33,34)/t13-,19+,20+,21+/m1/s1. The molecule has 1 heterocycles. The predicted molar refractivity (Wildman–Crippen MR) is 125 cm³/mol. The Kier molecular flexibility index (Phi) is 7.87. The summed E-state index contributed by atoms with van der Waals surface area (Å²) in [5, 5.41) is 34.7. The van der Waals surface area contributed by atoms with Gasteiger partial charge in [0.15, 0.2) is 0 Å². The molecule has 0 radical (unpaired) electrons. The fraction of sp³-hybridized carbons (Fsp3) is 0.292. The van der Waals surface area contributed by atoms with Gasteiger partial charge in [-0.25, -0.2) is 4.79 Å². The Morgan fingerprint density at radius 3 is 2.26 bits per heavy atom. The van der Waals surface area contributed by atoms with Gasteiger partial charge in [-0.15, -0.1) is 0 Å². The lowest BCUT2D eigenvalue weighted by atomic mass is 10.0. The molecule has 2 aromatic carbocycles. The fourth-order valence-electron chi connectivity index (χ4n) is 3.56. The number of carboxylic acid groups (broad SMARTS) is 1. The van der Waals surface area contributed by atoms with Gasteiger partial charge in [-0.2, -0.15) is 0 Å². The second-order valence-electron chi connectivity index (χ2n) is 8.16. The number of para-hydroxylation sites is 1. The number of carboxylic acids is 1. The van der Waals surface area contributed by atoms with E-state index in [4.69, 9.17) is 5.73 Å². The van der Waals surface area contributed by atoms with Crippen LogP contribution < -0.4 is 16.4 Å². The second kappa shape index (κ2) is 10.8. The van der Waals surface area contributed by atoms with E-state index in [1.165, 1.54) is 19.1 Å². The van der Waals surface area contributed by atoms with Gasteiger partial charge in [0, 0.05) is 29.9 Å². The normalized spacial score (nSPS) is 14.7. The number of aliphatic carboxylic acids is 1. The number of carbonyl (C=O) groups is 3. The SMILES string of the molecule is C[C@@H](O)[C@H](N)C(=O)N[C@@H](Cc1ccc(O)cc1)C(=O)N[C@@H](Cc1c[nH]c2ccccc12)C(=O)O. The van der Waals surface area contributed by atoms with E-state index in [1.807, 2.05) is 24.3 Å². The van der Waals surface area contributed by atoms with Gasteiger partial charge >= 0.3 is 5.97 Å². The van der Waals surface area contributed by atoms with E-state index in [1.54, 1.807) is 18.3 Å². The van der Waals surface area contributed by atoms with Crippen LogP contribution in [-0.2, 0) is 27.2 Å². The second-order valence-corrected chi connectivity index (χ2v) is 8.16. The zero-order valence-corrected chi connectivity index (χ0v) is 18.6. The third kappa shape index (κ3) is 6.12. The maximum Gasteiger partial charge on any atom is 0.326 e. The fourth-order valence-corrected chi connectivity index (χ4v) is 3.56. The summed E-state index contributed by atoms with van der Waals surface area (Å²) < 4.78 is 0. The molecule has 3 rings (SSSR count). The summed E-state index contributed by atoms with van der Waals surface area (Å²) in [4.78, 5) is 40.5. The van der Waals surface area contributed by atoms with Crippen LogP contribution in [0.4, 0.5) is 0 Å². The molecule has 0 aliphatic heterocycles. The van der Waals surface area contributed by atoms with E-state index in [0.717, 1.165) is 16.5 Å². The number of aromatic nitrogens is 1. The number of hydrogen-bond acceptors (Lipinski definition) is 6. The number of phenolic OH excluding ortho intramolecular Hbond substituents is 1. The van der Waals surface area contributed by atoms with Crippen LogP contribution in [0.15, 0.2) is 54.7 Å². The van der Waals surface area contributed by atoms with Gasteiger partial charge in [0.05, 0.1) is 6.10 Å². The molecule has 0 spiro atoms. The smallest absolute Gasteiger partial charge is 0.326 e. The highest BCUT2D eigenvalue weighted by Gasteiger charge is 2.30. The summed E-state index contributed by atoms with van der Waals surface area (Å²) in [6.45, 7) is 1.35. The minimum absolute atomic E-state index is 0.0177. The summed E-state index contributed by atoms with van der Waals surface area (Å²) in [5.41, 5.74) is 7.87. The van der Waals surface area contributed by atoms with Crippen molar-refractivity contribution in [1.82, 2.24) is 15.6 Å². The number of benzene rings is 2. The minimum Gasteiger partial charge on any atom is -0.508 e. The third-order valence-electron chi connectivity index (χ3n) is 5.55. The number of hydrogen-bond donors (Lipinski definition) is 7. The predicted octanol–water partition coefficient (Wildman–Crippen LogP) is 0.421. The number of rotatable bonds is 10. The van der Waals surface area contributed by atoms with E-state index < -0.39 is 42.0 Å². The van der Waals surface area contributed by atoms with Crippen LogP contribution in [0.5, 0.6) is 5.75 Å². The molecule has 0 fully saturated rings. The molecule has 34 heavy (non-hydrogen) atoms. The number of aromatic hydroxyl groups is 1. The highest BCUT2D eigenvalue weighted by atomic mass is 16.4. The van der Waals surface area contributed by atoms with Gasteiger partial charge in [0.25, 0.3) is 0 Å². The topological polar surface area (TPSA) is 178 Å². The van der Waals surface area contributed by atoms with E-state index in [0.29, 0.717) is 5.56 Å². The molecule has 180 valence electrons. The molecule has 0 saturated heterocycles. The maximum absolute atomic E-state index is 13.1. The number of aromatic amines is 1. The van der Waals surface area contributed by atoms with Crippen molar-refractivity contribution in [3.05, 3.63) is 65.9 Å². The highest BCUT2D eigenvalue weighted by molar-refractivity contribution is 5.92. The van der Waals surface area contributed by atoms with E-state index in [-0.39, 0.29) is 18.6 Å². The van der Waals surface area contributed by atoms with Gasteiger partial charge in [-0.05, 0) is 36.2 Å². The van der Waals surface area contributed by atoms with E-state index >= 15 is 0 Å². The Hall–Kier alpha value is -3.89. The molecule has 1 aromatic heterocycles. The van der Waals surface area contributed by atoms with Crippen molar-refractivity contribution in [3.63, 3.8) is 0 Å². The monoisotopic (exact) mass is 468 g/mol. The van der Waals surface area contributed by atoms with Crippen molar-refractivity contribution >= 4 is 28.7 Å². The molecule has 0 aliphatic carbocycles. The molecule has 0 aliphatic rings. The van der Waals surface area contributed by atoms with Crippen LogP contribution in [0.3, 0.4) is 0 Å². The van der Waals surface area contributed by atoms with Crippen LogP contribution in [0.25, 0.3) is 10.9 Å². The summed E-state index contributed by atoms with van der Waals surface area (Å²) >= 11 is 0. The first-order valence-corrected chi connectivity index (χ1v) is 10.8. The third-order valence-corrected chi connectivity index (χ3v) is 5.55. The van der Waals surface area contributed by atoms with Crippen LogP contribution in [0, 0.1) is 0 Å². The molecular weight excluding hydrogens is 440 g/mol. The van der Waals surface area contributed by atoms with Gasteiger partial charge in [-0.1, -0.05) is 30.3 Å². The molecule has 10 nitrogen and oxygen atoms in total. The quantitative estimate of drug-likeness (QED) is 0.225. The first-order chi connectivity index (χ1) is 16.2. The molecule has 0 unspecified atom stereocenters. The van der Waals surface area contributed by atoms with Crippen LogP contribution in [-0.4, -0.2) is 62.3 Å². The Balaban J connectivity index is 1.79. The number of carbonyl (C=O) groups excluding carboxylic acids is 2. The lowest BCUT2D eigenvalue weighted by molar-refractivity contribution is -0.142. The molecule has 10 heteroatoms. The molecule has 8 N–H and O–H groups in total. The van der Waals surface area contributed by atoms with Crippen molar-refractivity contribution in [1.29, 1.82) is 0 Å². The largest absolute Gasteiger partial charge is 0.508 e. The van der Waals surface area contributed by atoms with E-state index in [9.17, 15) is 29.7 Å². The Bertz CT molecular complexity index is 1160. The zero-order valence-electron chi connectivity index (χ0n) is 18.6. The van der Waals surface area contributed by atoms with Crippen molar-refractivity contribution in [2.75, 3.05) is 0 Å². The lowest BCUT2D eigenvalue weighted by Gasteiger charge is -2.24. The van der Waals surface area contributed by atoms with Crippen molar-refractivity contribution < 1.29 is 29.7 Å². The summed E-state index contributed by atoms with van der Waals surface area (Å²) in [6.07, 6.45) is 0.595. The van der Waals surface area contributed by atoms with Crippen LogP contribution in [0.1, 0.15) is 18.1 Å². The molecule has 0 saturated carbocycles. The van der Waals surface area contributed by atoms with Gasteiger partial charge in [0.2, 0.25) is 11.8 Å². The Morgan fingerprint density at radius 1 is 0.971 bits per heavy atom. The molecular formula is C24H28N4O6. The first-order valence-electron chi connectivity index (χ1n) is 10.8. The van der Waals surface area contributed by atoms with Gasteiger partial charge in [0.1, 0.15) is 23.9 Å². The molecule has 4 atom stereocenters. The number of aliphatic hydroxyl groups excluding tert-OH is 1. The number of aliphatic hydroxyl groups is 1.